The Labute approximate surface area is 105 Å². The molecule has 0 amide bonds. The van der Waals surface area contributed by atoms with Crippen molar-refractivity contribution >= 4 is 6.08 Å². The van der Waals surface area contributed by atoms with Gasteiger partial charge in [-0.1, -0.05) is 55.8 Å². The molecule has 3 heterocycles. The molecule has 3 aliphatic heterocycles. The van der Waals surface area contributed by atoms with Gasteiger partial charge in [-0.25, -0.2) is 0 Å². The van der Waals surface area contributed by atoms with Gasteiger partial charge in [0.2, 0.25) is 0 Å². The van der Waals surface area contributed by atoms with Crippen LogP contribution >= 0.6 is 0 Å². The summed E-state index contributed by atoms with van der Waals surface area (Å²) in [5.74, 6) is 0.871. The van der Waals surface area contributed by atoms with Gasteiger partial charge in [-0.15, -0.1) is 0 Å². The van der Waals surface area contributed by atoms with E-state index in [1.54, 1.807) is 5.57 Å². The van der Waals surface area contributed by atoms with Gasteiger partial charge in [-0.3, -0.25) is 4.90 Å². The molecule has 3 fully saturated rings. The van der Waals surface area contributed by atoms with Crippen molar-refractivity contribution in [2.24, 2.45) is 5.92 Å². The lowest BCUT2D eigenvalue weighted by molar-refractivity contribution is 0.163. The Morgan fingerprint density at radius 2 is 1.71 bits per heavy atom. The first-order valence-electron chi connectivity index (χ1n) is 6.90. The Hall–Kier alpha value is -1.08. The third kappa shape index (κ3) is 2.98. The summed E-state index contributed by atoms with van der Waals surface area (Å²) < 4.78 is 0. The molecule has 3 aliphatic rings. The number of hydrogen-bond acceptors (Lipinski definition) is 1. The number of nitrogens with zero attached hydrogens (tertiary/aromatic N) is 1. The molecule has 17 heavy (non-hydrogen) atoms. The lowest BCUT2D eigenvalue weighted by Gasteiger charge is -2.41. The molecule has 0 spiro atoms. The number of hydrogen-bond donors (Lipinski definition) is 0. The minimum absolute atomic E-state index is 0.871. The van der Waals surface area contributed by atoms with E-state index in [9.17, 15) is 0 Å². The highest BCUT2D eigenvalue weighted by Gasteiger charge is 2.28. The maximum absolute atomic E-state index is 2.58. The predicted octanol–water partition coefficient (Wildman–Crippen LogP) is 3.82. The quantitative estimate of drug-likeness (QED) is 0.707. The standard InChI is InChI=1S/C14H17N.C2H6/c1-2-4-12(5-3-1)10-14-11-15-8-6-13(14)7-9-15;1-2/h1-5,10,13H,6-9,11H2;1-2H3/b14-10+;. The third-order valence-electron chi connectivity index (χ3n) is 3.67. The molecule has 4 rings (SSSR count). The van der Waals surface area contributed by atoms with Crippen molar-refractivity contribution in [1.82, 2.24) is 4.90 Å². The van der Waals surface area contributed by atoms with E-state index in [2.05, 4.69) is 41.3 Å². The van der Waals surface area contributed by atoms with Crippen molar-refractivity contribution in [2.45, 2.75) is 26.7 Å². The summed E-state index contributed by atoms with van der Waals surface area (Å²) in [4.78, 5) is 2.58. The zero-order chi connectivity index (χ0) is 12.1. The summed E-state index contributed by atoms with van der Waals surface area (Å²) in [6.45, 7) is 7.84. The van der Waals surface area contributed by atoms with E-state index in [1.807, 2.05) is 13.8 Å². The molecule has 92 valence electrons. The molecule has 3 saturated heterocycles. The molecule has 1 aromatic rings. The smallest absolute Gasteiger partial charge is 0.0199 e. The second kappa shape index (κ2) is 6.02. The average molecular weight is 229 g/mol. The SMILES string of the molecule is C(=C1/CN2CCC1CC2)/c1ccccc1.CC. The number of piperidine rings is 3. The first-order valence-corrected chi connectivity index (χ1v) is 6.90. The molecule has 0 N–H and O–H groups in total. The van der Waals surface area contributed by atoms with Crippen LogP contribution in [0.1, 0.15) is 32.3 Å². The maximum atomic E-state index is 2.58. The van der Waals surface area contributed by atoms with Gasteiger partial charge in [0.25, 0.3) is 0 Å². The zero-order valence-corrected chi connectivity index (χ0v) is 11.0. The Balaban J connectivity index is 0.000000514. The Morgan fingerprint density at radius 1 is 1.06 bits per heavy atom. The van der Waals surface area contributed by atoms with E-state index in [0.29, 0.717) is 0 Å². The lowest BCUT2D eigenvalue weighted by Crippen LogP contribution is -2.42. The van der Waals surface area contributed by atoms with Crippen molar-refractivity contribution in [3.05, 3.63) is 41.5 Å². The Bertz CT molecular complexity index is 358. The van der Waals surface area contributed by atoms with Gasteiger partial charge >= 0.3 is 0 Å². The van der Waals surface area contributed by atoms with Crippen LogP contribution < -0.4 is 0 Å². The molecule has 0 saturated carbocycles. The van der Waals surface area contributed by atoms with Crippen molar-refractivity contribution in [3.8, 4) is 0 Å². The summed E-state index contributed by atoms with van der Waals surface area (Å²) in [6, 6.07) is 10.7. The Kier molecular flexibility index (Phi) is 4.38. The van der Waals surface area contributed by atoms with Crippen LogP contribution in [0.15, 0.2) is 35.9 Å². The van der Waals surface area contributed by atoms with E-state index in [4.69, 9.17) is 0 Å². The van der Waals surface area contributed by atoms with Gasteiger partial charge in [-0.05, 0) is 37.4 Å². The summed E-state index contributed by atoms with van der Waals surface area (Å²) in [6.07, 6.45) is 5.15. The summed E-state index contributed by atoms with van der Waals surface area (Å²) in [7, 11) is 0. The fraction of sp³-hybridized carbons (Fsp3) is 0.500. The minimum Gasteiger partial charge on any atom is -0.299 e. The molecule has 0 unspecified atom stereocenters. The largest absolute Gasteiger partial charge is 0.299 e. The van der Waals surface area contributed by atoms with E-state index < -0.39 is 0 Å². The van der Waals surface area contributed by atoms with Crippen LogP contribution in [0.2, 0.25) is 0 Å². The van der Waals surface area contributed by atoms with Crippen molar-refractivity contribution in [1.29, 1.82) is 0 Å². The highest BCUT2D eigenvalue weighted by molar-refractivity contribution is 5.54. The highest BCUT2D eigenvalue weighted by Crippen LogP contribution is 2.32. The molecule has 0 atom stereocenters. The molecular formula is C16H23N. The first-order chi connectivity index (χ1) is 8.42. The van der Waals surface area contributed by atoms with Gasteiger partial charge in [0.05, 0.1) is 0 Å². The van der Waals surface area contributed by atoms with Crippen LogP contribution in [0.3, 0.4) is 0 Å². The van der Waals surface area contributed by atoms with Crippen LogP contribution in [0, 0.1) is 5.92 Å². The average Bonchev–Trinajstić information content (AvgIpc) is 2.43. The highest BCUT2D eigenvalue weighted by atomic mass is 15.1. The minimum atomic E-state index is 0.871. The number of benzene rings is 1. The van der Waals surface area contributed by atoms with Crippen LogP contribution in [-0.2, 0) is 0 Å². The lowest BCUT2D eigenvalue weighted by atomic mass is 9.83. The Morgan fingerprint density at radius 3 is 2.24 bits per heavy atom. The first kappa shape index (κ1) is 12.4. The normalized spacial score (nSPS) is 28.7. The van der Waals surface area contributed by atoms with Gasteiger partial charge in [0.15, 0.2) is 0 Å². The topological polar surface area (TPSA) is 3.24 Å². The summed E-state index contributed by atoms with van der Waals surface area (Å²) in [5, 5.41) is 0. The fourth-order valence-electron chi connectivity index (χ4n) is 2.78. The van der Waals surface area contributed by atoms with Gasteiger partial charge in [0, 0.05) is 6.54 Å². The van der Waals surface area contributed by atoms with Gasteiger partial charge in [0.1, 0.15) is 0 Å². The molecule has 1 aromatic carbocycles. The van der Waals surface area contributed by atoms with E-state index in [1.165, 1.54) is 38.0 Å². The number of rotatable bonds is 1. The molecule has 2 bridgehead atoms. The molecule has 1 nitrogen and oxygen atoms in total. The fourth-order valence-corrected chi connectivity index (χ4v) is 2.78. The predicted molar refractivity (Wildman–Crippen MR) is 74.9 cm³/mol. The van der Waals surface area contributed by atoms with Crippen LogP contribution in [-0.4, -0.2) is 24.5 Å². The molecular weight excluding hydrogens is 206 g/mol. The van der Waals surface area contributed by atoms with Gasteiger partial charge < -0.3 is 0 Å². The van der Waals surface area contributed by atoms with E-state index in [-0.39, 0.29) is 0 Å². The summed E-state index contributed by atoms with van der Waals surface area (Å²) in [5.41, 5.74) is 3.01. The zero-order valence-electron chi connectivity index (χ0n) is 11.0. The molecule has 0 aromatic heterocycles. The van der Waals surface area contributed by atoms with Gasteiger partial charge in [-0.2, -0.15) is 0 Å². The van der Waals surface area contributed by atoms with Crippen LogP contribution in [0.25, 0.3) is 6.08 Å². The second-order valence-electron chi connectivity index (χ2n) is 4.68. The van der Waals surface area contributed by atoms with Crippen LogP contribution in [0.4, 0.5) is 0 Å². The second-order valence-corrected chi connectivity index (χ2v) is 4.68. The molecule has 0 radical (unpaired) electrons. The van der Waals surface area contributed by atoms with E-state index >= 15 is 0 Å². The van der Waals surface area contributed by atoms with Crippen molar-refractivity contribution < 1.29 is 0 Å². The van der Waals surface area contributed by atoms with E-state index in [0.717, 1.165) is 5.92 Å². The monoisotopic (exact) mass is 229 g/mol. The molecule has 1 heteroatoms. The number of fused-ring (bicyclic) bond motifs is 3. The molecule has 0 aliphatic carbocycles. The van der Waals surface area contributed by atoms with Crippen LogP contribution in [0.5, 0.6) is 0 Å². The summed E-state index contributed by atoms with van der Waals surface area (Å²) >= 11 is 0. The van der Waals surface area contributed by atoms with Crippen molar-refractivity contribution in [3.63, 3.8) is 0 Å². The third-order valence-corrected chi connectivity index (χ3v) is 3.67. The maximum Gasteiger partial charge on any atom is 0.0199 e. The van der Waals surface area contributed by atoms with Crippen molar-refractivity contribution in [2.75, 3.05) is 19.6 Å².